The van der Waals surface area contributed by atoms with Gasteiger partial charge in [0.15, 0.2) is 0 Å². The minimum absolute atomic E-state index is 0.00995. The normalized spacial score (nSPS) is 9.71. The van der Waals surface area contributed by atoms with Crippen LogP contribution in [0.15, 0.2) is 18.2 Å². The van der Waals surface area contributed by atoms with Gasteiger partial charge in [-0.1, -0.05) is 6.92 Å². The summed E-state index contributed by atoms with van der Waals surface area (Å²) in [4.78, 5) is 32.8. The molecule has 0 saturated heterocycles. The van der Waals surface area contributed by atoms with E-state index in [0.29, 0.717) is 0 Å². The number of amides is 1. The lowest BCUT2D eigenvalue weighted by atomic mass is 10.1. The fraction of sp³-hybridized carbons (Fsp3) is 0.182. The molecule has 0 aliphatic rings. The molecule has 0 heterocycles. The van der Waals surface area contributed by atoms with Crippen molar-refractivity contribution in [1.29, 1.82) is 0 Å². The Kier molecular flexibility index (Phi) is 3.82. The molecule has 0 atom stereocenters. The van der Waals surface area contributed by atoms with Crippen LogP contribution in [-0.4, -0.2) is 28.1 Å². The van der Waals surface area contributed by atoms with E-state index in [-0.39, 0.29) is 29.1 Å². The lowest BCUT2D eigenvalue weighted by molar-refractivity contribution is -0.115. The molecule has 0 aliphatic heterocycles. The molecule has 1 aromatic rings. The Morgan fingerprint density at radius 2 is 1.82 bits per heavy atom. The summed E-state index contributed by atoms with van der Waals surface area (Å²) in [5.41, 5.74) is -0.234. The average Bonchev–Trinajstić information content (AvgIpc) is 2.28. The highest BCUT2D eigenvalue weighted by molar-refractivity contribution is 6.02. The van der Waals surface area contributed by atoms with Crippen molar-refractivity contribution in [1.82, 2.24) is 0 Å². The third-order valence-corrected chi connectivity index (χ3v) is 2.09. The number of benzene rings is 1. The van der Waals surface area contributed by atoms with E-state index in [1.807, 2.05) is 0 Å². The molecule has 0 bridgehead atoms. The van der Waals surface area contributed by atoms with Gasteiger partial charge in [0.2, 0.25) is 5.91 Å². The fourth-order valence-electron chi connectivity index (χ4n) is 1.21. The summed E-state index contributed by atoms with van der Waals surface area (Å²) < 4.78 is 0. The Bertz CT molecular complexity index is 481. The molecule has 1 rings (SSSR count). The second-order valence-electron chi connectivity index (χ2n) is 3.27. The number of aromatic carboxylic acids is 2. The molecule has 17 heavy (non-hydrogen) atoms. The quantitative estimate of drug-likeness (QED) is 0.734. The Morgan fingerprint density at radius 3 is 2.29 bits per heavy atom. The van der Waals surface area contributed by atoms with Crippen molar-refractivity contribution in [2.75, 3.05) is 5.32 Å². The first kappa shape index (κ1) is 12.7. The number of hydrogen-bond donors (Lipinski definition) is 3. The number of carboxylic acids is 2. The minimum Gasteiger partial charge on any atom is -0.478 e. The highest BCUT2D eigenvalue weighted by atomic mass is 16.4. The maximum atomic E-state index is 11.2. The Hall–Kier alpha value is -2.37. The second-order valence-corrected chi connectivity index (χ2v) is 3.27. The molecule has 1 aromatic carbocycles. The minimum atomic E-state index is -1.23. The van der Waals surface area contributed by atoms with E-state index < -0.39 is 11.9 Å². The number of carbonyl (C=O) groups is 3. The van der Waals surface area contributed by atoms with Crippen LogP contribution < -0.4 is 5.32 Å². The van der Waals surface area contributed by atoms with Crippen LogP contribution in [0.3, 0.4) is 0 Å². The van der Waals surface area contributed by atoms with Crippen molar-refractivity contribution in [2.24, 2.45) is 0 Å². The number of nitrogens with one attached hydrogen (secondary N) is 1. The van der Waals surface area contributed by atoms with Gasteiger partial charge in [0.05, 0.1) is 16.8 Å². The summed E-state index contributed by atoms with van der Waals surface area (Å²) >= 11 is 0. The van der Waals surface area contributed by atoms with Crippen LogP contribution in [0.5, 0.6) is 0 Å². The highest BCUT2D eigenvalue weighted by Crippen LogP contribution is 2.18. The molecule has 0 unspecified atom stereocenters. The van der Waals surface area contributed by atoms with Gasteiger partial charge >= 0.3 is 11.9 Å². The van der Waals surface area contributed by atoms with Crippen LogP contribution in [0.1, 0.15) is 34.1 Å². The molecule has 90 valence electrons. The van der Waals surface area contributed by atoms with Crippen LogP contribution in [-0.2, 0) is 4.79 Å². The van der Waals surface area contributed by atoms with Crippen LogP contribution in [0.4, 0.5) is 5.69 Å². The van der Waals surface area contributed by atoms with Crippen LogP contribution >= 0.6 is 0 Å². The van der Waals surface area contributed by atoms with Crippen molar-refractivity contribution in [3.63, 3.8) is 0 Å². The number of hydrogen-bond acceptors (Lipinski definition) is 3. The predicted molar refractivity (Wildman–Crippen MR) is 59.3 cm³/mol. The van der Waals surface area contributed by atoms with Crippen molar-refractivity contribution in [3.8, 4) is 0 Å². The first-order chi connectivity index (χ1) is 7.95. The van der Waals surface area contributed by atoms with Gasteiger partial charge < -0.3 is 15.5 Å². The highest BCUT2D eigenvalue weighted by Gasteiger charge is 2.14. The predicted octanol–water partition coefficient (Wildman–Crippen LogP) is 1.43. The molecule has 3 N–H and O–H groups in total. The zero-order chi connectivity index (χ0) is 13.0. The van der Waals surface area contributed by atoms with Gasteiger partial charge in [-0.2, -0.15) is 0 Å². The summed E-state index contributed by atoms with van der Waals surface area (Å²) in [6.07, 6.45) is 0.177. The van der Waals surface area contributed by atoms with E-state index in [0.717, 1.165) is 12.1 Å². The SMILES string of the molecule is CCC(=O)Nc1cc(C(=O)O)ccc1C(=O)O. The van der Waals surface area contributed by atoms with Gasteiger partial charge in [-0.25, -0.2) is 9.59 Å². The van der Waals surface area contributed by atoms with E-state index >= 15 is 0 Å². The van der Waals surface area contributed by atoms with Gasteiger partial charge in [0.25, 0.3) is 0 Å². The third kappa shape index (κ3) is 3.04. The number of rotatable bonds is 4. The Balaban J connectivity index is 3.20. The molecule has 0 fully saturated rings. The van der Waals surface area contributed by atoms with Gasteiger partial charge in [-0.3, -0.25) is 4.79 Å². The number of carboxylic acid groups (broad SMARTS) is 2. The summed E-state index contributed by atoms with van der Waals surface area (Å²) in [5.74, 6) is -2.79. The molecule has 0 aromatic heterocycles. The molecular formula is C11H11NO5. The zero-order valence-corrected chi connectivity index (χ0v) is 9.06. The Morgan fingerprint density at radius 1 is 1.18 bits per heavy atom. The zero-order valence-electron chi connectivity index (χ0n) is 9.06. The van der Waals surface area contributed by atoms with Crippen LogP contribution in [0, 0.1) is 0 Å². The maximum absolute atomic E-state index is 11.2. The van der Waals surface area contributed by atoms with Crippen LogP contribution in [0.25, 0.3) is 0 Å². The van der Waals surface area contributed by atoms with Crippen molar-refractivity contribution in [2.45, 2.75) is 13.3 Å². The number of carbonyl (C=O) groups excluding carboxylic acids is 1. The van der Waals surface area contributed by atoms with Gasteiger partial charge in [0, 0.05) is 6.42 Å². The molecule has 6 heteroatoms. The molecule has 0 radical (unpaired) electrons. The maximum Gasteiger partial charge on any atom is 0.337 e. The third-order valence-electron chi connectivity index (χ3n) is 2.09. The van der Waals surface area contributed by atoms with Crippen LogP contribution in [0.2, 0.25) is 0 Å². The van der Waals surface area contributed by atoms with E-state index in [1.54, 1.807) is 6.92 Å². The van der Waals surface area contributed by atoms with Crippen molar-refractivity contribution in [3.05, 3.63) is 29.3 Å². The van der Waals surface area contributed by atoms with E-state index in [9.17, 15) is 14.4 Å². The second kappa shape index (κ2) is 5.11. The van der Waals surface area contributed by atoms with Gasteiger partial charge in [0.1, 0.15) is 0 Å². The first-order valence-corrected chi connectivity index (χ1v) is 4.86. The molecule has 6 nitrogen and oxygen atoms in total. The largest absolute Gasteiger partial charge is 0.478 e. The fourth-order valence-corrected chi connectivity index (χ4v) is 1.21. The molecule has 0 aliphatic carbocycles. The van der Waals surface area contributed by atoms with Gasteiger partial charge in [-0.15, -0.1) is 0 Å². The van der Waals surface area contributed by atoms with Crippen molar-refractivity contribution < 1.29 is 24.6 Å². The van der Waals surface area contributed by atoms with Crippen molar-refractivity contribution >= 4 is 23.5 Å². The molecule has 1 amide bonds. The monoisotopic (exact) mass is 237 g/mol. The topological polar surface area (TPSA) is 104 Å². The molecule has 0 saturated carbocycles. The molecular weight excluding hydrogens is 226 g/mol. The summed E-state index contributed by atoms with van der Waals surface area (Å²) in [6.45, 7) is 1.61. The summed E-state index contributed by atoms with van der Waals surface area (Å²) in [7, 11) is 0. The Labute approximate surface area is 96.9 Å². The summed E-state index contributed by atoms with van der Waals surface area (Å²) in [6, 6.07) is 3.45. The van der Waals surface area contributed by atoms with E-state index in [2.05, 4.69) is 5.32 Å². The smallest absolute Gasteiger partial charge is 0.337 e. The first-order valence-electron chi connectivity index (χ1n) is 4.86. The van der Waals surface area contributed by atoms with E-state index in [4.69, 9.17) is 10.2 Å². The summed E-state index contributed by atoms with van der Waals surface area (Å²) in [5, 5.41) is 20.0. The average molecular weight is 237 g/mol. The van der Waals surface area contributed by atoms with Gasteiger partial charge in [-0.05, 0) is 18.2 Å². The lowest BCUT2D eigenvalue weighted by Gasteiger charge is -2.08. The standard InChI is InChI=1S/C11H11NO5/c1-2-9(13)12-8-5-6(10(14)15)3-4-7(8)11(16)17/h3-5H,2H2,1H3,(H,12,13)(H,14,15)(H,16,17). The van der Waals surface area contributed by atoms with E-state index in [1.165, 1.54) is 6.07 Å². The molecule has 0 spiro atoms. The number of anilines is 1. The lowest BCUT2D eigenvalue weighted by Crippen LogP contribution is -2.14.